The lowest BCUT2D eigenvalue weighted by molar-refractivity contribution is 0.174. The van der Waals surface area contributed by atoms with Crippen LogP contribution < -0.4 is 14.8 Å². The van der Waals surface area contributed by atoms with Crippen molar-refractivity contribution in [1.82, 2.24) is 5.32 Å². The molecular formula is C11H11Cl2NO2. The van der Waals surface area contributed by atoms with Gasteiger partial charge in [0.15, 0.2) is 11.5 Å². The predicted octanol–water partition coefficient (Wildman–Crippen LogP) is 2.82. The summed E-state index contributed by atoms with van der Waals surface area (Å²) in [6.45, 7) is 1.56. The molecule has 0 saturated carbocycles. The number of nitrogens with one attached hydrogen (secondary N) is 1. The van der Waals surface area contributed by atoms with Gasteiger partial charge in [0.25, 0.3) is 0 Å². The summed E-state index contributed by atoms with van der Waals surface area (Å²) in [5.41, 5.74) is 2.47. The van der Waals surface area contributed by atoms with Gasteiger partial charge in [-0.05, 0) is 17.7 Å². The monoisotopic (exact) mass is 259 g/mol. The number of halogens is 2. The Kier molecular flexibility index (Phi) is 3.93. The van der Waals surface area contributed by atoms with Crippen molar-refractivity contribution in [1.29, 1.82) is 0 Å². The standard InChI is InChI=1S/C11H11Cl2NO2/c12-4-9(13)6-14-5-8-1-2-10-11(3-8)16-7-15-10/h1-4,14H,5-7H2. The van der Waals surface area contributed by atoms with Crippen LogP contribution in [0.1, 0.15) is 5.56 Å². The molecule has 1 N–H and O–H groups in total. The number of hydrogen-bond donors (Lipinski definition) is 1. The first kappa shape index (κ1) is 11.6. The maximum Gasteiger partial charge on any atom is 0.231 e. The molecule has 0 saturated heterocycles. The van der Waals surface area contributed by atoms with Gasteiger partial charge >= 0.3 is 0 Å². The molecular weight excluding hydrogens is 249 g/mol. The van der Waals surface area contributed by atoms with E-state index < -0.39 is 0 Å². The average Bonchev–Trinajstić information content (AvgIpc) is 2.76. The summed E-state index contributed by atoms with van der Waals surface area (Å²) in [5, 5.41) is 3.75. The zero-order chi connectivity index (χ0) is 11.4. The fraction of sp³-hybridized carbons (Fsp3) is 0.273. The van der Waals surface area contributed by atoms with Crippen LogP contribution in [0.25, 0.3) is 0 Å². The van der Waals surface area contributed by atoms with E-state index in [0.29, 0.717) is 24.9 Å². The van der Waals surface area contributed by atoms with E-state index in [1.807, 2.05) is 18.2 Å². The van der Waals surface area contributed by atoms with E-state index in [1.54, 1.807) is 0 Å². The highest BCUT2D eigenvalue weighted by atomic mass is 35.5. The zero-order valence-electron chi connectivity index (χ0n) is 8.50. The number of benzene rings is 1. The van der Waals surface area contributed by atoms with Gasteiger partial charge in [0.1, 0.15) is 0 Å². The molecule has 0 spiro atoms. The van der Waals surface area contributed by atoms with Crippen LogP contribution in [0.3, 0.4) is 0 Å². The van der Waals surface area contributed by atoms with Gasteiger partial charge in [-0.15, -0.1) is 0 Å². The third-order valence-electron chi connectivity index (χ3n) is 2.18. The maximum absolute atomic E-state index is 5.75. The Morgan fingerprint density at radius 3 is 3.00 bits per heavy atom. The maximum atomic E-state index is 5.75. The molecule has 2 rings (SSSR count). The molecule has 0 radical (unpaired) electrons. The molecule has 86 valence electrons. The van der Waals surface area contributed by atoms with E-state index in [0.717, 1.165) is 17.1 Å². The molecule has 3 nitrogen and oxygen atoms in total. The fourth-order valence-corrected chi connectivity index (χ4v) is 1.59. The molecule has 1 aromatic carbocycles. The molecule has 0 bridgehead atoms. The summed E-state index contributed by atoms with van der Waals surface area (Å²) < 4.78 is 10.5. The summed E-state index contributed by atoms with van der Waals surface area (Å²) in [4.78, 5) is 0. The van der Waals surface area contributed by atoms with Crippen LogP contribution in [-0.2, 0) is 6.54 Å². The molecule has 0 atom stereocenters. The van der Waals surface area contributed by atoms with Crippen LogP contribution in [-0.4, -0.2) is 13.3 Å². The highest BCUT2D eigenvalue weighted by molar-refractivity contribution is 6.36. The van der Waals surface area contributed by atoms with Gasteiger partial charge in [0.05, 0.1) is 0 Å². The lowest BCUT2D eigenvalue weighted by Crippen LogP contribution is -2.14. The summed E-state index contributed by atoms with van der Waals surface area (Å²) in [6, 6.07) is 5.84. The van der Waals surface area contributed by atoms with Crippen LogP contribution in [0.15, 0.2) is 28.8 Å². The Morgan fingerprint density at radius 1 is 1.38 bits per heavy atom. The molecule has 0 fully saturated rings. The van der Waals surface area contributed by atoms with Crippen molar-refractivity contribution in [2.75, 3.05) is 13.3 Å². The lowest BCUT2D eigenvalue weighted by atomic mass is 10.2. The molecule has 0 unspecified atom stereocenters. The Morgan fingerprint density at radius 2 is 2.19 bits per heavy atom. The normalized spacial score (nSPS) is 14.2. The van der Waals surface area contributed by atoms with E-state index in [9.17, 15) is 0 Å². The average molecular weight is 260 g/mol. The summed E-state index contributed by atoms with van der Waals surface area (Å²) >= 11 is 11.2. The number of hydrogen-bond acceptors (Lipinski definition) is 3. The van der Waals surface area contributed by atoms with Gasteiger partial charge in [-0.1, -0.05) is 29.3 Å². The van der Waals surface area contributed by atoms with Gasteiger partial charge in [-0.2, -0.15) is 0 Å². The number of rotatable bonds is 4. The van der Waals surface area contributed by atoms with E-state index in [4.69, 9.17) is 32.7 Å². The first-order valence-electron chi connectivity index (χ1n) is 4.83. The molecule has 1 aromatic rings. The van der Waals surface area contributed by atoms with Crippen molar-refractivity contribution in [3.63, 3.8) is 0 Å². The molecule has 1 aliphatic rings. The third-order valence-corrected chi connectivity index (χ3v) is 2.80. The van der Waals surface area contributed by atoms with Crippen LogP contribution in [0, 0.1) is 0 Å². The Balaban J connectivity index is 1.90. The minimum absolute atomic E-state index is 0.299. The van der Waals surface area contributed by atoms with Crippen LogP contribution in [0.4, 0.5) is 0 Å². The van der Waals surface area contributed by atoms with Crippen LogP contribution in [0.5, 0.6) is 11.5 Å². The predicted molar refractivity (Wildman–Crippen MR) is 64.1 cm³/mol. The number of ether oxygens (including phenoxy) is 2. The molecule has 1 heterocycles. The van der Waals surface area contributed by atoms with Gasteiger partial charge in [0.2, 0.25) is 6.79 Å². The molecule has 0 aliphatic carbocycles. The van der Waals surface area contributed by atoms with E-state index >= 15 is 0 Å². The SMILES string of the molecule is ClC=C(Cl)CNCc1ccc2c(c1)OCO2. The number of fused-ring (bicyclic) bond motifs is 1. The van der Waals surface area contributed by atoms with Crippen molar-refractivity contribution < 1.29 is 9.47 Å². The minimum Gasteiger partial charge on any atom is -0.454 e. The molecule has 0 amide bonds. The Bertz CT molecular complexity index is 407. The quantitative estimate of drug-likeness (QED) is 0.902. The van der Waals surface area contributed by atoms with Crippen molar-refractivity contribution in [3.8, 4) is 11.5 Å². The Hall–Kier alpha value is -0.900. The summed E-state index contributed by atoms with van der Waals surface area (Å²) in [5.74, 6) is 1.58. The van der Waals surface area contributed by atoms with E-state index in [-0.39, 0.29) is 0 Å². The highest BCUT2D eigenvalue weighted by Gasteiger charge is 2.12. The second-order valence-corrected chi connectivity index (χ2v) is 4.05. The largest absolute Gasteiger partial charge is 0.454 e. The molecule has 1 aliphatic heterocycles. The Labute approximate surface area is 104 Å². The van der Waals surface area contributed by atoms with Crippen LogP contribution in [0.2, 0.25) is 0 Å². The smallest absolute Gasteiger partial charge is 0.231 e. The van der Waals surface area contributed by atoms with Gasteiger partial charge in [-0.25, -0.2) is 0 Å². The second kappa shape index (κ2) is 5.43. The first-order chi connectivity index (χ1) is 7.79. The fourth-order valence-electron chi connectivity index (χ4n) is 1.42. The summed E-state index contributed by atoms with van der Waals surface area (Å²) in [7, 11) is 0. The second-order valence-electron chi connectivity index (χ2n) is 3.35. The molecule has 0 aromatic heterocycles. The van der Waals surface area contributed by atoms with E-state index in [2.05, 4.69) is 5.32 Å². The van der Waals surface area contributed by atoms with Crippen molar-refractivity contribution in [3.05, 3.63) is 34.3 Å². The topological polar surface area (TPSA) is 30.5 Å². The summed E-state index contributed by atoms with van der Waals surface area (Å²) in [6.07, 6.45) is 0. The molecule has 16 heavy (non-hydrogen) atoms. The lowest BCUT2D eigenvalue weighted by Gasteiger charge is -2.04. The van der Waals surface area contributed by atoms with Crippen molar-refractivity contribution >= 4 is 23.2 Å². The zero-order valence-corrected chi connectivity index (χ0v) is 10.0. The van der Waals surface area contributed by atoms with E-state index in [1.165, 1.54) is 5.54 Å². The van der Waals surface area contributed by atoms with Crippen LogP contribution >= 0.6 is 23.2 Å². The van der Waals surface area contributed by atoms with Gasteiger partial charge < -0.3 is 14.8 Å². The van der Waals surface area contributed by atoms with Crippen molar-refractivity contribution in [2.24, 2.45) is 0 Å². The third kappa shape index (κ3) is 2.82. The highest BCUT2D eigenvalue weighted by Crippen LogP contribution is 2.32. The molecule has 5 heteroatoms. The van der Waals surface area contributed by atoms with Gasteiger partial charge in [-0.3, -0.25) is 0 Å². The van der Waals surface area contributed by atoms with Crippen molar-refractivity contribution in [2.45, 2.75) is 6.54 Å². The minimum atomic E-state index is 0.299. The first-order valence-corrected chi connectivity index (χ1v) is 5.65. The van der Waals surface area contributed by atoms with Gasteiger partial charge in [0, 0.05) is 23.7 Å².